The number of halogens is 1. The van der Waals surface area contributed by atoms with Crippen molar-refractivity contribution in [2.45, 2.75) is 0 Å². The molecule has 0 unspecified atom stereocenters. The molecule has 0 amide bonds. The van der Waals surface area contributed by atoms with Crippen molar-refractivity contribution < 1.29 is 0 Å². The number of azo groups is 1. The summed E-state index contributed by atoms with van der Waals surface area (Å²) in [5, 5.41) is 14.8. The molecule has 132 valence electrons. The Morgan fingerprint density at radius 3 is 2.15 bits per heavy atom. The highest BCUT2D eigenvalue weighted by Crippen LogP contribution is 2.29. The highest BCUT2D eigenvalue weighted by molar-refractivity contribution is 14.1. The minimum Gasteiger partial charge on any atom is -0.332 e. The summed E-state index contributed by atoms with van der Waals surface area (Å²) in [5.41, 5.74) is 4.69. The lowest BCUT2D eigenvalue weighted by atomic mass is 10.1. The predicted octanol–water partition coefficient (Wildman–Crippen LogP) is 7.57. The first-order chi connectivity index (χ1) is 13.3. The van der Waals surface area contributed by atoms with Crippen molar-refractivity contribution in [1.29, 1.82) is 0 Å². The lowest BCUT2D eigenvalue weighted by molar-refractivity contribution is 1.23. The van der Waals surface area contributed by atoms with Crippen LogP contribution in [0.1, 0.15) is 0 Å². The minimum absolute atomic E-state index is 0.815. The first-order valence-electron chi connectivity index (χ1n) is 8.32. The number of aromatic nitrogens is 1. The molecule has 0 aliphatic heterocycles. The van der Waals surface area contributed by atoms with Crippen molar-refractivity contribution in [3.8, 4) is 11.3 Å². The zero-order valence-electron chi connectivity index (χ0n) is 14.2. The van der Waals surface area contributed by atoms with Crippen LogP contribution >= 0.6 is 33.9 Å². The van der Waals surface area contributed by atoms with Gasteiger partial charge in [0, 0.05) is 20.2 Å². The Hall–Kier alpha value is -2.58. The van der Waals surface area contributed by atoms with Crippen LogP contribution in [0.4, 0.5) is 22.2 Å². The van der Waals surface area contributed by atoms with Crippen LogP contribution in [-0.4, -0.2) is 4.98 Å². The molecular formula is C21H15IN4S. The molecule has 1 aromatic heterocycles. The van der Waals surface area contributed by atoms with Gasteiger partial charge in [-0.2, -0.15) is 10.2 Å². The van der Waals surface area contributed by atoms with Crippen molar-refractivity contribution >= 4 is 56.1 Å². The Morgan fingerprint density at radius 2 is 1.44 bits per heavy atom. The summed E-state index contributed by atoms with van der Waals surface area (Å²) in [4.78, 5) is 4.67. The standard InChI is InChI=1S/C21H15IN4S/c22-16-8-12-17(13-9-16)23-21-24-20(14-27-21)15-6-10-19(11-7-15)26-25-18-4-2-1-3-5-18/h1-14H,(H,23,24). The molecule has 0 spiro atoms. The monoisotopic (exact) mass is 482 g/mol. The van der Waals surface area contributed by atoms with Gasteiger partial charge in [0.25, 0.3) is 0 Å². The zero-order chi connectivity index (χ0) is 18.5. The Kier molecular flexibility index (Phi) is 5.55. The molecule has 0 atom stereocenters. The quantitative estimate of drug-likeness (QED) is 0.236. The number of rotatable bonds is 5. The Bertz CT molecular complexity index is 1040. The van der Waals surface area contributed by atoms with E-state index in [0.29, 0.717) is 0 Å². The smallest absolute Gasteiger partial charge is 0.187 e. The summed E-state index contributed by atoms with van der Waals surface area (Å²) in [5.74, 6) is 0. The van der Waals surface area contributed by atoms with E-state index in [2.05, 4.69) is 72.8 Å². The fourth-order valence-electron chi connectivity index (χ4n) is 2.43. The van der Waals surface area contributed by atoms with Crippen molar-refractivity contribution in [3.05, 3.63) is 87.8 Å². The predicted molar refractivity (Wildman–Crippen MR) is 121 cm³/mol. The molecule has 1 heterocycles. The van der Waals surface area contributed by atoms with Crippen LogP contribution in [0.15, 0.2) is 94.5 Å². The van der Waals surface area contributed by atoms with Crippen LogP contribution < -0.4 is 5.32 Å². The van der Waals surface area contributed by atoms with Gasteiger partial charge in [-0.15, -0.1) is 11.3 Å². The molecule has 0 aliphatic carbocycles. The van der Waals surface area contributed by atoms with E-state index in [-0.39, 0.29) is 0 Å². The van der Waals surface area contributed by atoms with Gasteiger partial charge < -0.3 is 5.32 Å². The van der Waals surface area contributed by atoms with E-state index in [0.717, 1.165) is 33.5 Å². The second-order valence-electron chi connectivity index (χ2n) is 5.75. The fraction of sp³-hybridized carbons (Fsp3) is 0. The van der Waals surface area contributed by atoms with Crippen molar-refractivity contribution in [1.82, 2.24) is 4.98 Å². The molecule has 3 aromatic carbocycles. The highest BCUT2D eigenvalue weighted by Gasteiger charge is 2.05. The van der Waals surface area contributed by atoms with E-state index in [9.17, 15) is 0 Å². The third-order valence-electron chi connectivity index (χ3n) is 3.80. The maximum Gasteiger partial charge on any atom is 0.187 e. The molecule has 0 radical (unpaired) electrons. The van der Waals surface area contributed by atoms with Crippen molar-refractivity contribution in [2.24, 2.45) is 10.2 Å². The normalized spacial score (nSPS) is 11.0. The topological polar surface area (TPSA) is 49.6 Å². The molecule has 0 saturated carbocycles. The molecular weight excluding hydrogens is 467 g/mol. The number of benzene rings is 3. The van der Waals surface area contributed by atoms with Gasteiger partial charge in [-0.1, -0.05) is 30.3 Å². The van der Waals surface area contributed by atoms with E-state index in [1.807, 2.05) is 54.6 Å². The van der Waals surface area contributed by atoms with E-state index in [4.69, 9.17) is 0 Å². The maximum absolute atomic E-state index is 4.67. The number of hydrogen-bond acceptors (Lipinski definition) is 5. The van der Waals surface area contributed by atoms with Crippen molar-refractivity contribution in [3.63, 3.8) is 0 Å². The average Bonchev–Trinajstić information content (AvgIpc) is 3.18. The summed E-state index contributed by atoms with van der Waals surface area (Å²) < 4.78 is 1.21. The summed E-state index contributed by atoms with van der Waals surface area (Å²) >= 11 is 3.88. The van der Waals surface area contributed by atoms with Crippen LogP contribution in [0, 0.1) is 3.57 Å². The summed E-state index contributed by atoms with van der Waals surface area (Å²) in [6.45, 7) is 0. The van der Waals surface area contributed by atoms with Gasteiger partial charge in [-0.05, 0) is 71.1 Å². The Labute approximate surface area is 175 Å². The maximum atomic E-state index is 4.67. The third kappa shape index (κ3) is 4.78. The molecule has 0 aliphatic rings. The lowest BCUT2D eigenvalue weighted by Gasteiger charge is -2.02. The molecule has 0 saturated heterocycles. The molecule has 1 N–H and O–H groups in total. The lowest BCUT2D eigenvalue weighted by Crippen LogP contribution is -1.89. The SMILES string of the molecule is Ic1ccc(Nc2nc(-c3ccc(N=Nc4ccccc4)cc3)cs2)cc1. The molecule has 4 rings (SSSR count). The minimum atomic E-state index is 0.815. The van der Waals surface area contributed by atoms with Gasteiger partial charge in [0.2, 0.25) is 0 Å². The van der Waals surface area contributed by atoms with Gasteiger partial charge in [0.05, 0.1) is 17.1 Å². The molecule has 6 heteroatoms. The second-order valence-corrected chi connectivity index (χ2v) is 7.86. The zero-order valence-corrected chi connectivity index (χ0v) is 17.2. The second kappa shape index (κ2) is 8.41. The number of thiazole rings is 1. The molecule has 4 nitrogen and oxygen atoms in total. The van der Waals surface area contributed by atoms with Gasteiger partial charge >= 0.3 is 0 Å². The van der Waals surface area contributed by atoms with Gasteiger partial charge in [0.1, 0.15) is 0 Å². The van der Waals surface area contributed by atoms with Gasteiger partial charge in [-0.3, -0.25) is 0 Å². The van der Waals surface area contributed by atoms with E-state index in [1.165, 1.54) is 3.57 Å². The van der Waals surface area contributed by atoms with E-state index in [1.54, 1.807) is 11.3 Å². The summed E-state index contributed by atoms with van der Waals surface area (Å²) in [6.07, 6.45) is 0. The fourth-order valence-corrected chi connectivity index (χ4v) is 3.53. The Morgan fingerprint density at radius 1 is 0.778 bits per heavy atom. The number of hydrogen-bond donors (Lipinski definition) is 1. The van der Waals surface area contributed by atoms with Crippen LogP contribution in [0.2, 0.25) is 0 Å². The number of nitrogens with one attached hydrogen (secondary N) is 1. The number of anilines is 2. The van der Waals surface area contributed by atoms with Gasteiger partial charge in [0.15, 0.2) is 5.13 Å². The molecule has 4 aromatic rings. The van der Waals surface area contributed by atoms with E-state index >= 15 is 0 Å². The molecule has 0 fully saturated rings. The van der Waals surface area contributed by atoms with E-state index < -0.39 is 0 Å². The summed E-state index contributed by atoms with van der Waals surface area (Å²) in [6, 6.07) is 25.9. The van der Waals surface area contributed by atoms with Crippen molar-refractivity contribution in [2.75, 3.05) is 5.32 Å². The molecule has 0 bridgehead atoms. The van der Waals surface area contributed by atoms with Gasteiger partial charge in [-0.25, -0.2) is 4.98 Å². The van der Waals surface area contributed by atoms with Crippen LogP contribution in [0.3, 0.4) is 0 Å². The van der Waals surface area contributed by atoms with Crippen LogP contribution in [0.5, 0.6) is 0 Å². The summed E-state index contributed by atoms with van der Waals surface area (Å²) in [7, 11) is 0. The Balaban J connectivity index is 1.45. The third-order valence-corrected chi connectivity index (χ3v) is 5.28. The average molecular weight is 482 g/mol. The first kappa shape index (κ1) is 17.8. The molecule has 27 heavy (non-hydrogen) atoms. The highest BCUT2D eigenvalue weighted by atomic mass is 127. The van der Waals surface area contributed by atoms with Crippen LogP contribution in [0.25, 0.3) is 11.3 Å². The largest absolute Gasteiger partial charge is 0.332 e. The number of nitrogens with zero attached hydrogens (tertiary/aromatic N) is 3. The first-order valence-corrected chi connectivity index (χ1v) is 10.3. The van der Waals surface area contributed by atoms with Crippen LogP contribution in [-0.2, 0) is 0 Å².